The molecule has 0 bridgehead atoms. The Morgan fingerprint density at radius 3 is 1.80 bits per heavy atom. The van der Waals surface area contributed by atoms with Crippen LogP contribution in [0.4, 0.5) is 0 Å². The third-order valence-electron chi connectivity index (χ3n) is 0.0416. The van der Waals surface area contributed by atoms with Crippen molar-refractivity contribution in [1.29, 1.82) is 0 Å². The van der Waals surface area contributed by atoms with Gasteiger partial charge in [0.05, 0.1) is 0 Å². The third-order valence-corrected chi connectivity index (χ3v) is 3.07. The molecule has 0 fully saturated rings. The first-order valence-electron chi connectivity index (χ1n) is 0.545. The van der Waals surface area contributed by atoms with Gasteiger partial charge >= 0.3 is 45.0 Å². The first-order valence-corrected chi connectivity index (χ1v) is 9.46. The summed E-state index contributed by atoms with van der Waals surface area (Å²) < 4.78 is 9.40. The van der Waals surface area contributed by atoms with Gasteiger partial charge in [-0.2, -0.15) is 0 Å². The van der Waals surface area contributed by atoms with E-state index in [1.807, 2.05) is 0 Å². The molecule has 0 saturated heterocycles. The maximum atomic E-state index is 9.40. The van der Waals surface area contributed by atoms with Gasteiger partial charge in [0, 0.05) is 0 Å². The van der Waals surface area contributed by atoms with Crippen LogP contribution in [0.15, 0.2) is 0 Å². The van der Waals surface area contributed by atoms with E-state index in [9.17, 15) is 4.57 Å². The normalized spacial score (nSPS) is 12.0. The van der Waals surface area contributed by atoms with E-state index in [1.165, 1.54) is 0 Å². The van der Waals surface area contributed by atoms with Crippen LogP contribution in [0.5, 0.6) is 0 Å². The van der Waals surface area contributed by atoms with Gasteiger partial charge in [-0.15, -0.1) is 0 Å². The molecule has 0 heterocycles. The van der Waals surface area contributed by atoms with Crippen LogP contribution < -0.4 is 0 Å². The van der Waals surface area contributed by atoms with Gasteiger partial charge in [0.25, 0.3) is 0 Å². The predicted octanol–water partition coefficient (Wildman–Crippen LogP) is 2.12. The second-order valence-corrected chi connectivity index (χ2v) is 12.0. The van der Waals surface area contributed by atoms with Gasteiger partial charge in [-0.05, 0) is 0 Å². The standard InChI is InChI=1S/Au.2ClH.OP/c;;;1-2/h;2*1H;/q+3;;;-1/p-2. The van der Waals surface area contributed by atoms with Crippen LogP contribution in [-0.2, 0) is 20.3 Å². The van der Waals surface area contributed by atoms with E-state index in [0.717, 1.165) is 0 Å². The van der Waals surface area contributed by atoms with Crippen LogP contribution in [0.3, 0.4) is 0 Å². The minimum atomic E-state index is -1.86. The Morgan fingerprint density at radius 2 is 1.80 bits per heavy atom. The zero-order valence-corrected chi connectivity index (χ0v) is 6.49. The number of rotatable bonds is 1. The van der Waals surface area contributed by atoms with Crippen molar-refractivity contribution >= 4 is 24.7 Å². The first-order chi connectivity index (χ1) is 2.27. The van der Waals surface area contributed by atoms with Crippen molar-refractivity contribution in [3.05, 3.63) is 0 Å². The van der Waals surface area contributed by atoms with Crippen molar-refractivity contribution in [2.24, 2.45) is 0 Å². The van der Waals surface area contributed by atoms with Crippen molar-refractivity contribution in [2.75, 3.05) is 0 Å². The summed E-state index contributed by atoms with van der Waals surface area (Å²) >= 11 is -1.86. The van der Waals surface area contributed by atoms with Gasteiger partial charge < -0.3 is 0 Å². The van der Waals surface area contributed by atoms with E-state index in [4.69, 9.17) is 18.4 Å². The maximum absolute atomic E-state index is 9.40. The van der Waals surface area contributed by atoms with Crippen LogP contribution in [0.25, 0.3) is 0 Å². The first kappa shape index (κ1) is 6.42. The van der Waals surface area contributed by atoms with Crippen LogP contribution in [0, 0.1) is 0 Å². The van der Waals surface area contributed by atoms with Crippen LogP contribution in [-0.4, -0.2) is 0 Å². The molecule has 0 aromatic heterocycles. The molecule has 0 atom stereocenters. The summed E-state index contributed by atoms with van der Waals surface area (Å²) in [5.74, 6) is 0. The molecule has 0 unspecified atom stereocenters. The van der Waals surface area contributed by atoms with Crippen molar-refractivity contribution in [3.63, 3.8) is 0 Å². The molecular formula is AuCl2OP. The van der Waals surface area contributed by atoms with Gasteiger partial charge in [0.15, 0.2) is 0 Å². The number of hydrogen-bond acceptors (Lipinski definition) is 1. The van der Waals surface area contributed by atoms with Crippen molar-refractivity contribution in [3.8, 4) is 0 Å². The molecule has 0 aliphatic rings. The molecule has 0 radical (unpaired) electrons. The van der Waals surface area contributed by atoms with Gasteiger partial charge in [-0.3, -0.25) is 0 Å². The summed E-state index contributed by atoms with van der Waals surface area (Å²) in [7, 11) is 10.1. The fourth-order valence-electron chi connectivity index (χ4n) is 0. The Kier molecular flexibility index (Phi) is 4.63. The van der Waals surface area contributed by atoms with Crippen molar-refractivity contribution in [1.82, 2.24) is 0 Å². The zero-order valence-electron chi connectivity index (χ0n) is 1.91. The molecule has 5 heavy (non-hydrogen) atoms. The molecular weight excluding hydrogens is 315 g/mol. The van der Waals surface area contributed by atoms with Crippen LogP contribution in [0.1, 0.15) is 0 Å². The Labute approximate surface area is 45.0 Å². The molecule has 0 N–H and O–H groups in total. The Bertz CT molecular complexity index is 36.6. The molecule has 0 aromatic carbocycles. The average Bonchev–Trinajstić information content (AvgIpc) is 1.38. The Morgan fingerprint density at radius 1 is 1.60 bits per heavy atom. The summed E-state index contributed by atoms with van der Waals surface area (Å²) in [6.45, 7) is 0. The second-order valence-electron chi connectivity index (χ2n) is 0.200. The zero-order chi connectivity index (χ0) is 4.28. The summed E-state index contributed by atoms with van der Waals surface area (Å²) in [4.78, 5) is 0. The van der Waals surface area contributed by atoms with Gasteiger partial charge in [0.1, 0.15) is 0 Å². The van der Waals surface area contributed by atoms with Crippen LogP contribution >= 0.6 is 24.7 Å². The van der Waals surface area contributed by atoms with E-state index in [1.54, 1.807) is 0 Å². The predicted molar refractivity (Wildman–Crippen MR) is 19.3 cm³/mol. The molecule has 0 spiro atoms. The summed E-state index contributed by atoms with van der Waals surface area (Å²) in [5, 5.41) is 0. The summed E-state index contributed by atoms with van der Waals surface area (Å²) in [5.41, 5.74) is 0. The van der Waals surface area contributed by atoms with Crippen molar-refractivity contribution in [2.45, 2.75) is 0 Å². The SMILES string of the molecule is O=[P][Au]([Cl])[Cl]. The number of halogens is 2. The van der Waals surface area contributed by atoms with Crippen LogP contribution in [0.2, 0.25) is 0 Å². The molecule has 0 rings (SSSR count). The summed E-state index contributed by atoms with van der Waals surface area (Å²) in [6, 6.07) is 0. The third kappa shape index (κ3) is 5.42. The molecule has 0 aromatic rings. The molecule has 36 valence electrons. The number of hydrogen-bond donors (Lipinski definition) is 0. The Balaban J connectivity index is 2.83. The van der Waals surface area contributed by atoms with E-state index in [0.29, 0.717) is 0 Å². The monoisotopic (exact) mass is 314 g/mol. The molecule has 0 aliphatic heterocycles. The molecule has 0 amide bonds. The quantitative estimate of drug-likeness (QED) is 0.535. The topological polar surface area (TPSA) is 17.1 Å². The minimum absolute atomic E-state index is 0.0741. The van der Waals surface area contributed by atoms with E-state index >= 15 is 0 Å². The van der Waals surface area contributed by atoms with Gasteiger partial charge in [-0.25, -0.2) is 0 Å². The van der Waals surface area contributed by atoms with E-state index in [-0.39, 0.29) is 6.35 Å². The van der Waals surface area contributed by atoms with E-state index in [2.05, 4.69) is 0 Å². The molecule has 0 aliphatic carbocycles. The summed E-state index contributed by atoms with van der Waals surface area (Å²) in [6.07, 6.45) is -0.0741. The van der Waals surface area contributed by atoms with E-state index < -0.39 is 15.8 Å². The average molecular weight is 315 g/mol. The molecule has 0 saturated carbocycles. The Hall–Kier alpha value is 1.42. The molecule has 5 heteroatoms. The fraction of sp³-hybridized carbons (Fsp3) is 0. The van der Waals surface area contributed by atoms with Crippen molar-refractivity contribution < 1.29 is 20.3 Å². The van der Waals surface area contributed by atoms with Gasteiger partial charge in [-0.1, -0.05) is 0 Å². The fourth-order valence-corrected chi connectivity index (χ4v) is 0. The molecule has 1 nitrogen and oxygen atoms in total. The van der Waals surface area contributed by atoms with Gasteiger partial charge in [0.2, 0.25) is 0 Å². The second kappa shape index (κ2) is 3.60.